The molecule has 0 aliphatic heterocycles. The first kappa shape index (κ1) is 24.6. The van der Waals surface area contributed by atoms with Crippen molar-refractivity contribution in [1.82, 2.24) is 4.31 Å². The number of carbonyl (C=O) groups is 2. The fourth-order valence-corrected chi connectivity index (χ4v) is 4.77. The van der Waals surface area contributed by atoms with Gasteiger partial charge in [0.25, 0.3) is 5.91 Å². The number of carbonyl (C=O) groups excluding carboxylic acids is 2. The van der Waals surface area contributed by atoms with Gasteiger partial charge in [-0.15, -0.1) is 0 Å². The molecular weight excluding hydrogens is 444 g/mol. The van der Waals surface area contributed by atoms with Gasteiger partial charge < -0.3 is 14.8 Å². The molecule has 2 aromatic rings. The fraction of sp³-hybridized carbons (Fsp3) is 0.333. The van der Waals surface area contributed by atoms with E-state index in [1.54, 1.807) is 32.9 Å². The van der Waals surface area contributed by atoms with Crippen LogP contribution in [-0.2, 0) is 19.6 Å². The lowest BCUT2D eigenvalue weighted by Crippen LogP contribution is -2.31. The Morgan fingerprint density at radius 2 is 1.77 bits per heavy atom. The molecule has 0 fully saturated rings. The number of aryl methyl sites for hydroxylation is 1. The Morgan fingerprint density at radius 1 is 1.10 bits per heavy atom. The van der Waals surface area contributed by atoms with Gasteiger partial charge in [0.1, 0.15) is 5.75 Å². The molecule has 2 rings (SSSR count). The number of halogens is 1. The van der Waals surface area contributed by atoms with Crippen molar-refractivity contribution < 1.29 is 27.5 Å². The molecule has 31 heavy (non-hydrogen) atoms. The van der Waals surface area contributed by atoms with Crippen LogP contribution in [0.15, 0.2) is 41.3 Å². The van der Waals surface area contributed by atoms with E-state index in [0.29, 0.717) is 35.1 Å². The molecule has 10 heteroatoms. The van der Waals surface area contributed by atoms with Crippen LogP contribution in [0.5, 0.6) is 5.75 Å². The zero-order valence-electron chi connectivity index (χ0n) is 17.8. The third-order valence-electron chi connectivity index (χ3n) is 4.52. The molecule has 0 atom stereocenters. The first-order chi connectivity index (χ1) is 14.6. The molecule has 8 nitrogen and oxygen atoms in total. The zero-order chi connectivity index (χ0) is 23.2. The molecule has 0 aliphatic carbocycles. The predicted octanol–water partition coefficient (Wildman–Crippen LogP) is 3.48. The highest BCUT2D eigenvalue weighted by Gasteiger charge is 2.25. The van der Waals surface area contributed by atoms with Gasteiger partial charge in [-0.3, -0.25) is 4.79 Å². The van der Waals surface area contributed by atoms with E-state index in [4.69, 9.17) is 21.1 Å². The van der Waals surface area contributed by atoms with Gasteiger partial charge in [-0.25, -0.2) is 13.2 Å². The van der Waals surface area contributed by atoms with Crippen molar-refractivity contribution in [1.29, 1.82) is 0 Å². The van der Waals surface area contributed by atoms with Crippen LogP contribution in [0, 0.1) is 6.92 Å². The quantitative estimate of drug-likeness (QED) is 0.565. The molecular formula is C21H25ClN2O6S. The lowest BCUT2D eigenvalue weighted by atomic mass is 10.1. The SMILES string of the molecule is CCN(CC)S(=O)(=O)c1cc(C(=O)OCC(=O)Nc2cc(Cl)ccc2OC)ccc1C. The number of rotatable bonds is 9. The molecule has 0 spiro atoms. The predicted molar refractivity (Wildman–Crippen MR) is 118 cm³/mol. The van der Waals surface area contributed by atoms with E-state index in [2.05, 4.69) is 5.32 Å². The van der Waals surface area contributed by atoms with Crippen molar-refractivity contribution in [2.24, 2.45) is 0 Å². The number of benzene rings is 2. The highest BCUT2D eigenvalue weighted by molar-refractivity contribution is 7.89. The van der Waals surface area contributed by atoms with Crippen LogP contribution in [0.1, 0.15) is 29.8 Å². The highest BCUT2D eigenvalue weighted by Crippen LogP contribution is 2.27. The zero-order valence-corrected chi connectivity index (χ0v) is 19.3. The number of hydrogen-bond donors (Lipinski definition) is 1. The molecule has 1 amide bonds. The second kappa shape index (κ2) is 10.6. The minimum Gasteiger partial charge on any atom is -0.495 e. The maximum atomic E-state index is 12.8. The van der Waals surface area contributed by atoms with Gasteiger partial charge in [0.15, 0.2) is 6.61 Å². The minimum absolute atomic E-state index is 0.0266. The van der Waals surface area contributed by atoms with E-state index in [1.807, 2.05) is 0 Å². The molecule has 0 bridgehead atoms. The maximum absolute atomic E-state index is 12.8. The highest BCUT2D eigenvalue weighted by atomic mass is 35.5. The van der Waals surface area contributed by atoms with Crippen LogP contribution >= 0.6 is 11.6 Å². The number of esters is 1. The van der Waals surface area contributed by atoms with Gasteiger partial charge in [-0.2, -0.15) is 4.31 Å². The fourth-order valence-electron chi connectivity index (χ4n) is 2.89. The van der Waals surface area contributed by atoms with Crippen molar-refractivity contribution in [3.8, 4) is 5.75 Å². The molecule has 0 aromatic heterocycles. The summed E-state index contributed by atoms with van der Waals surface area (Å²) in [5, 5.41) is 2.95. The molecule has 2 aromatic carbocycles. The summed E-state index contributed by atoms with van der Waals surface area (Å²) in [6, 6.07) is 8.96. The molecule has 0 saturated heterocycles. The molecule has 0 heterocycles. The van der Waals surface area contributed by atoms with Gasteiger partial charge in [0, 0.05) is 18.1 Å². The van der Waals surface area contributed by atoms with Crippen molar-refractivity contribution >= 4 is 39.2 Å². The number of nitrogens with zero attached hydrogens (tertiary/aromatic N) is 1. The summed E-state index contributed by atoms with van der Waals surface area (Å²) in [6.45, 7) is 5.17. The number of nitrogens with one attached hydrogen (secondary N) is 1. The van der Waals surface area contributed by atoms with Crippen molar-refractivity contribution in [2.75, 3.05) is 32.1 Å². The summed E-state index contributed by atoms with van der Waals surface area (Å²) in [7, 11) is -2.31. The summed E-state index contributed by atoms with van der Waals surface area (Å²) < 4.78 is 37.2. The summed E-state index contributed by atoms with van der Waals surface area (Å²) in [6.07, 6.45) is 0. The number of methoxy groups -OCH3 is 1. The van der Waals surface area contributed by atoms with E-state index in [9.17, 15) is 18.0 Å². The smallest absolute Gasteiger partial charge is 0.338 e. The van der Waals surface area contributed by atoms with E-state index >= 15 is 0 Å². The van der Waals surface area contributed by atoms with Crippen LogP contribution in [0.25, 0.3) is 0 Å². The Morgan fingerprint density at radius 3 is 2.39 bits per heavy atom. The van der Waals surface area contributed by atoms with E-state index in [0.717, 1.165) is 0 Å². The monoisotopic (exact) mass is 468 g/mol. The lowest BCUT2D eigenvalue weighted by Gasteiger charge is -2.20. The van der Waals surface area contributed by atoms with Crippen molar-refractivity contribution in [3.05, 3.63) is 52.5 Å². The summed E-state index contributed by atoms with van der Waals surface area (Å²) >= 11 is 5.93. The number of amides is 1. The average molecular weight is 469 g/mol. The second-order valence-corrected chi connectivity index (χ2v) is 8.88. The first-order valence-electron chi connectivity index (χ1n) is 9.55. The number of anilines is 1. The molecule has 0 aliphatic rings. The standard InChI is InChI=1S/C21H25ClN2O6S/c1-5-24(6-2)31(27,28)19-11-15(8-7-14(19)3)21(26)30-13-20(25)23-17-12-16(22)9-10-18(17)29-4/h7-12H,5-6,13H2,1-4H3,(H,23,25). The largest absolute Gasteiger partial charge is 0.495 e. The van der Waals surface area contributed by atoms with Crippen LogP contribution in [0.2, 0.25) is 5.02 Å². The van der Waals surface area contributed by atoms with Gasteiger partial charge in [-0.1, -0.05) is 31.5 Å². The topological polar surface area (TPSA) is 102 Å². The van der Waals surface area contributed by atoms with E-state index in [-0.39, 0.29) is 10.5 Å². The normalized spacial score (nSPS) is 11.3. The van der Waals surface area contributed by atoms with Gasteiger partial charge in [-0.05, 0) is 42.8 Å². The molecule has 0 saturated carbocycles. The number of hydrogen-bond acceptors (Lipinski definition) is 6. The molecule has 1 N–H and O–H groups in total. The third-order valence-corrected chi connectivity index (χ3v) is 6.94. The Balaban J connectivity index is 2.13. The molecule has 0 radical (unpaired) electrons. The summed E-state index contributed by atoms with van der Waals surface area (Å²) in [4.78, 5) is 24.6. The van der Waals surface area contributed by atoms with Crippen molar-refractivity contribution in [3.63, 3.8) is 0 Å². The third kappa shape index (κ3) is 5.96. The maximum Gasteiger partial charge on any atom is 0.338 e. The van der Waals surface area contributed by atoms with Crippen LogP contribution < -0.4 is 10.1 Å². The molecule has 0 unspecified atom stereocenters. The van der Waals surface area contributed by atoms with Crippen LogP contribution in [0.3, 0.4) is 0 Å². The summed E-state index contributed by atoms with van der Waals surface area (Å²) in [5.41, 5.74) is 0.873. The minimum atomic E-state index is -3.75. The van der Waals surface area contributed by atoms with Gasteiger partial charge >= 0.3 is 5.97 Å². The second-order valence-electron chi connectivity index (χ2n) is 6.54. The van der Waals surface area contributed by atoms with Gasteiger partial charge in [0.05, 0.1) is 23.3 Å². The van der Waals surface area contributed by atoms with Crippen molar-refractivity contribution in [2.45, 2.75) is 25.7 Å². The number of ether oxygens (including phenoxy) is 2. The average Bonchev–Trinajstić information content (AvgIpc) is 2.73. The Hall–Kier alpha value is -2.62. The van der Waals surface area contributed by atoms with Crippen LogP contribution in [-0.4, -0.2) is 51.4 Å². The Labute approximate surface area is 187 Å². The molecule has 168 valence electrons. The lowest BCUT2D eigenvalue weighted by molar-refractivity contribution is -0.119. The van der Waals surface area contributed by atoms with Gasteiger partial charge in [0.2, 0.25) is 10.0 Å². The van der Waals surface area contributed by atoms with E-state index < -0.39 is 28.5 Å². The van der Waals surface area contributed by atoms with Crippen LogP contribution in [0.4, 0.5) is 5.69 Å². The Kier molecular flexibility index (Phi) is 8.43. The summed E-state index contributed by atoms with van der Waals surface area (Å²) in [5.74, 6) is -1.02. The Bertz CT molecular complexity index is 1070. The van der Waals surface area contributed by atoms with E-state index in [1.165, 1.54) is 35.7 Å². The number of sulfonamides is 1. The first-order valence-corrected chi connectivity index (χ1v) is 11.4.